The Morgan fingerprint density at radius 1 is 1.28 bits per heavy atom. The van der Waals surface area contributed by atoms with Crippen molar-refractivity contribution in [1.82, 2.24) is 10.3 Å². The molecule has 0 bridgehead atoms. The summed E-state index contributed by atoms with van der Waals surface area (Å²) in [5.41, 5.74) is 2.42. The lowest BCUT2D eigenvalue weighted by molar-refractivity contribution is 0.0614. The number of ether oxygens (including phenoxy) is 1. The molecule has 18 heavy (non-hydrogen) atoms. The molecule has 0 radical (unpaired) electrons. The van der Waals surface area contributed by atoms with Gasteiger partial charge in [0.2, 0.25) is 0 Å². The van der Waals surface area contributed by atoms with Gasteiger partial charge in [0.25, 0.3) is 0 Å². The largest absolute Gasteiger partial charge is 0.377 e. The third-order valence-corrected chi connectivity index (χ3v) is 2.87. The Balaban J connectivity index is 2.52. The van der Waals surface area contributed by atoms with Gasteiger partial charge in [0.05, 0.1) is 12.7 Å². The first kappa shape index (κ1) is 15.1. The number of aryl methyl sites for hydroxylation is 1. The lowest BCUT2D eigenvalue weighted by Gasteiger charge is -2.19. The molecule has 1 aromatic rings. The molecule has 3 heteroatoms. The first-order valence-corrected chi connectivity index (χ1v) is 6.94. The summed E-state index contributed by atoms with van der Waals surface area (Å²) in [5.74, 6) is 0. The van der Waals surface area contributed by atoms with Crippen LogP contribution in [0.15, 0.2) is 18.3 Å². The third kappa shape index (κ3) is 5.61. The summed E-state index contributed by atoms with van der Waals surface area (Å²) in [6, 6.07) is 4.63. The highest BCUT2D eigenvalue weighted by Crippen LogP contribution is 2.05. The normalized spacial score (nSPS) is 12.9. The topological polar surface area (TPSA) is 34.1 Å². The highest BCUT2D eigenvalue weighted by molar-refractivity contribution is 5.14. The van der Waals surface area contributed by atoms with Gasteiger partial charge in [-0.3, -0.25) is 4.98 Å². The molecule has 0 amide bonds. The Labute approximate surface area is 111 Å². The number of nitrogens with one attached hydrogen (secondary N) is 1. The van der Waals surface area contributed by atoms with Crippen molar-refractivity contribution in [2.45, 2.75) is 52.7 Å². The van der Waals surface area contributed by atoms with Gasteiger partial charge in [-0.25, -0.2) is 0 Å². The maximum atomic E-state index is 5.68. The predicted molar refractivity (Wildman–Crippen MR) is 75.9 cm³/mol. The summed E-state index contributed by atoms with van der Waals surface area (Å²) in [6.07, 6.45) is 4.22. The van der Waals surface area contributed by atoms with Gasteiger partial charge in [-0.05, 0) is 38.4 Å². The van der Waals surface area contributed by atoms with E-state index in [9.17, 15) is 0 Å². The highest BCUT2D eigenvalue weighted by atomic mass is 16.5. The molecule has 0 aliphatic carbocycles. The Morgan fingerprint density at radius 2 is 2.06 bits per heavy atom. The van der Waals surface area contributed by atoms with Crippen LogP contribution in [0.3, 0.4) is 0 Å². The van der Waals surface area contributed by atoms with Crippen LogP contribution in [0.4, 0.5) is 0 Å². The molecule has 1 rings (SSSR count). The van der Waals surface area contributed by atoms with Crippen molar-refractivity contribution in [2.24, 2.45) is 0 Å². The number of aromatic nitrogens is 1. The molecule has 3 nitrogen and oxygen atoms in total. The van der Waals surface area contributed by atoms with Gasteiger partial charge in [-0.15, -0.1) is 0 Å². The molecular weight excluding hydrogens is 224 g/mol. The summed E-state index contributed by atoms with van der Waals surface area (Å²) < 4.78 is 5.68. The van der Waals surface area contributed by atoms with Crippen LogP contribution in [0.1, 0.15) is 39.0 Å². The Hall–Kier alpha value is -0.930. The molecule has 0 aliphatic rings. The zero-order chi connectivity index (χ0) is 13.4. The van der Waals surface area contributed by atoms with E-state index < -0.39 is 0 Å². The van der Waals surface area contributed by atoms with E-state index in [1.165, 1.54) is 5.56 Å². The van der Waals surface area contributed by atoms with E-state index in [1.807, 2.05) is 6.20 Å². The summed E-state index contributed by atoms with van der Waals surface area (Å²) in [7, 11) is 0. The predicted octanol–water partition coefficient (Wildman–Crippen LogP) is 2.59. The van der Waals surface area contributed by atoms with Crippen molar-refractivity contribution in [2.75, 3.05) is 13.2 Å². The summed E-state index contributed by atoms with van der Waals surface area (Å²) >= 11 is 0. The van der Waals surface area contributed by atoms with E-state index in [0.29, 0.717) is 6.04 Å². The van der Waals surface area contributed by atoms with Crippen LogP contribution in [-0.2, 0) is 17.6 Å². The average Bonchev–Trinajstić information content (AvgIpc) is 2.37. The van der Waals surface area contributed by atoms with Crippen LogP contribution in [0.25, 0.3) is 0 Å². The summed E-state index contributed by atoms with van der Waals surface area (Å²) in [5, 5.41) is 3.45. The maximum absolute atomic E-state index is 5.68. The van der Waals surface area contributed by atoms with E-state index in [-0.39, 0.29) is 6.10 Å². The van der Waals surface area contributed by atoms with E-state index >= 15 is 0 Å². The van der Waals surface area contributed by atoms with Gasteiger partial charge >= 0.3 is 0 Å². The second-order valence-corrected chi connectivity index (χ2v) is 4.85. The number of pyridine rings is 1. The van der Waals surface area contributed by atoms with Crippen LogP contribution < -0.4 is 5.32 Å². The molecule has 1 atom stereocenters. The second-order valence-electron chi connectivity index (χ2n) is 4.85. The van der Waals surface area contributed by atoms with Gasteiger partial charge in [0.15, 0.2) is 0 Å². The second kappa shape index (κ2) is 8.22. The highest BCUT2D eigenvalue weighted by Gasteiger charge is 2.10. The van der Waals surface area contributed by atoms with E-state index in [0.717, 1.165) is 31.7 Å². The molecular formula is C15H26N2O. The molecule has 1 N–H and O–H groups in total. The molecule has 0 aliphatic heterocycles. The number of hydrogen-bond acceptors (Lipinski definition) is 3. The maximum Gasteiger partial charge on any atom is 0.0626 e. The van der Waals surface area contributed by atoms with Gasteiger partial charge in [-0.2, -0.15) is 0 Å². The fourth-order valence-corrected chi connectivity index (χ4v) is 1.82. The molecule has 0 aromatic carbocycles. The first-order valence-electron chi connectivity index (χ1n) is 6.94. The van der Waals surface area contributed by atoms with Crippen LogP contribution in [-0.4, -0.2) is 30.3 Å². The van der Waals surface area contributed by atoms with Crippen molar-refractivity contribution in [3.63, 3.8) is 0 Å². The lowest BCUT2D eigenvalue weighted by atomic mass is 10.1. The van der Waals surface area contributed by atoms with Gasteiger partial charge in [0.1, 0.15) is 0 Å². The zero-order valence-electron chi connectivity index (χ0n) is 12.1. The minimum atomic E-state index is 0.279. The third-order valence-electron chi connectivity index (χ3n) is 2.87. The Kier molecular flexibility index (Phi) is 6.91. The molecule has 0 spiro atoms. The fraction of sp³-hybridized carbons (Fsp3) is 0.667. The molecule has 1 unspecified atom stereocenters. The van der Waals surface area contributed by atoms with Crippen molar-refractivity contribution in [1.29, 1.82) is 0 Å². The summed E-state index contributed by atoms with van der Waals surface area (Å²) in [6.45, 7) is 10.1. The first-order chi connectivity index (χ1) is 8.65. The quantitative estimate of drug-likeness (QED) is 0.770. The smallest absolute Gasteiger partial charge is 0.0626 e. The molecule has 102 valence electrons. The van der Waals surface area contributed by atoms with Crippen LogP contribution in [0, 0.1) is 0 Å². The van der Waals surface area contributed by atoms with Crippen LogP contribution in [0.2, 0.25) is 0 Å². The monoisotopic (exact) mass is 250 g/mol. The standard InChI is InChI=1S/C15H26N2O/c1-5-13-7-8-14(17-10-13)9-15(16-6-2)11-18-12(3)4/h7-8,10,12,15-16H,5-6,9,11H2,1-4H3. The Bertz CT molecular complexity index is 322. The van der Waals surface area contributed by atoms with E-state index in [2.05, 4.69) is 50.1 Å². The lowest BCUT2D eigenvalue weighted by Crippen LogP contribution is -2.36. The zero-order valence-corrected chi connectivity index (χ0v) is 12.1. The van der Waals surface area contributed by atoms with Crippen molar-refractivity contribution < 1.29 is 4.74 Å². The molecule has 1 aromatic heterocycles. The van der Waals surface area contributed by atoms with Crippen LogP contribution >= 0.6 is 0 Å². The SMILES string of the molecule is CCNC(COC(C)C)Cc1ccc(CC)cn1. The Morgan fingerprint density at radius 3 is 2.56 bits per heavy atom. The van der Waals surface area contributed by atoms with Gasteiger partial charge in [-0.1, -0.05) is 19.9 Å². The minimum absolute atomic E-state index is 0.279. The van der Waals surface area contributed by atoms with Crippen molar-refractivity contribution >= 4 is 0 Å². The van der Waals surface area contributed by atoms with Crippen molar-refractivity contribution in [3.8, 4) is 0 Å². The molecule has 0 saturated carbocycles. The number of likely N-dealkylation sites (N-methyl/N-ethyl adjacent to an activating group) is 1. The molecule has 0 fully saturated rings. The number of rotatable bonds is 8. The fourth-order valence-electron chi connectivity index (χ4n) is 1.82. The molecule has 0 saturated heterocycles. The van der Waals surface area contributed by atoms with E-state index in [1.54, 1.807) is 0 Å². The van der Waals surface area contributed by atoms with Crippen LogP contribution in [0.5, 0.6) is 0 Å². The van der Waals surface area contributed by atoms with E-state index in [4.69, 9.17) is 4.74 Å². The van der Waals surface area contributed by atoms with Crippen molar-refractivity contribution in [3.05, 3.63) is 29.6 Å². The van der Waals surface area contributed by atoms with Gasteiger partial charge < -0.3 is 10.1 Å². The minimum Gasteiger partial charge on any atom is -0.377 e. The van der Waals surface area contributed by atoms with Gasteiger partial charge in [0, 0.05) is 24.4 Å². The number of nitrogens with zero attached hydrogens (tertiary/aromatic N) is 1. The number of hydrogen-bond donors (Lipinski definition) is 1. The average molecular weight is 250 g/mol. The summed E-state index contributed by atoms with van der Waals surface area (Å²) in [4.78, 5) is 4.50. The molecule has 1 heterocycles.